The first kappa shape index (κ1) is 13.0. The third kappa shape index (κ3) is 3.44. The molecule has 0 aliphatic heterocycles. The summed E-state index contributed by atoms with van der Waals surface area (Å²) in [5.41, 5.74) is -0.376. The Kier molecular flexibility index (Phi) is 4.03. The molecule has 0 aliphatic rings. The molecule has 0 spiro atoms. The van der Waals surface area contributed by atoms with Crippen molar-refractivity contribution in [3.05, 3.63) is 23.4 Å². The Morgan fingerprint density at radius 1 is 1.35 bits per heavy atom. The van der Waals surface area contributed by atoms with Crippen molar-refractivity contribution in [2.24, 2.45) is 0 Å². The number of hydrogen-bond donors (Lipinski definition) is 3. The molecule has 0 amide bonds. The molecule has 1 atom stereocenters. The van der Waals surface area contributed by atoms with Crippen LogP contribution in [0.2, 0.25) is 0 Å². The fraction of sp³-hybridized carbons (Fsp3) is 0.364. The van der Waals surface area contributed by atoms with Crippen LogP contribution in [0.1, 0.15) is 41.1 Å². The summed E-state index contributed by atoms with van der Waals surface area (Å²) in [7, 11) is 0. The van der Waals surface area contributed by atoms with E-state index in [0.717, 1.165) is 12.5 Å². The third-order valence-corrected chi connectivity index (χ3v) is 2.30. The van der Waals surface area contributed by atoms with Crippen LogP contribution < -0.4 is 5.32 Å². The Morgan fingerprint density at radius 3 is 2.47 bits per heavy atom. The smallest absolute Gasteiger partial charge is 0.354 e. The van der Waals surface area contributed by atoms with Gasteiger partial charge in [-0.15, -0.1) is 0 Å². The van der Waals surface area contributed by atoms with Gasteiger partial charge in [-0.3, -0.25) is 0 Å². The molecule has 92 valence electrons. The Morgan fingerprint density at radius 2 is 2.00 bits per heavy atom. The molecule has 1 aromatic rings. The van der Waals surface area contributed by atoms with Gasteiger partial charge in [0.05, 0.1) is 5.56 Å². The summed E-state index contributed by atoms with van der Waals surface area (Å²) in [5, 5.41) is 20.6. The Hall–Kier alpha value is -2.11. The van der Waals surface area contributed by atoms with Gasteiger partial charge in [-0.2, -0.15) is 0 Å². The van der Waals surface area contributed by atoms with Crippen LogP contribution in [0, 0.1) is 0 Å². The van der Waals surface area contributed by atoms with Gasteiger partial charge in [-0.1, -0.05) is 6.92 Å². The second-order valence-corrected chi connectivity index (χ2v) is 3.69. The summed E-state index contributed by atoms with van der Waals surface area (Å²) in [6.45, 7) is 3.85. The summed E-state index contributed by atoms with van der Waals surface area (Å²) in [6, 6.07) is 2.45. The van der Waals surface area contributed by atoms with Gasteiger partial charge in [0.15, 0.2) is 5.69 Å². The van der Waals surface area contributed by atoms with Crippen LogP contribution in [-0.2, 0) is 0 Å². The molecule has 0 bridgehead atoms. The van der Waals surface area contributed by atoms with Gasteiger partial charge in [0.1, 0.15) is 5.82 Å². The molecular weight excluding hydrogens is 224 g/mol. The van der Waals surface area contributed by atoms with Crippen LogP contribution in [0.15, 0.2) is 12.1 Å². The molecular formula is C11H14N2O4. The number of aromatic carboxylic acids is 2. The number of nitrogens with one attached hydrogen (secondary N) is 1. The first-order chi connectivity index (χ1) is 7.93. The van der Waals surface area contributed by atoms with Crippen molar-refractivity contribution in [3.63, 3.8) is 0 Å². The van der Waals surface area contributed by atoms with Crippen LogP contribution in [0.4, 0.5) is 5.82 Å². The van der Waals surface area contributed by atoms with E-state index in [4.69, 9.17) is 10.2 Å². The number of rotatable bonds is 5. The minimum absolute atomic E-state index is 0.0909. The van der Waals surface area contributed by atoms with Crippen LogP contribution in [0.25, 0.3) is 0 Å². The molecule has 17 heavy (non-hydrogen) atoms. The summed E-state index contributed by atoms with van der Waals surface area (Å²) in [5.74, 6) is -2.17. The number of anilines is 1. The summed E-state index contributed by atoms with van der Waals surface area (Å²) in [6.07, 6.45) is 0.821. The molecule has 1 rings (SSSR count). The van der Waals surface area contributed by atoms with Crippen molar-refractivity contribution >= 4 is 17.8 Å². The van der Waals surface area contributed by atoms with E-state index in [0.29, 0.717) is 0 Å². The van der Waals surface area contributed by atoms with Gasteiger partial charge < -0.3 is 15.5 Å². The summed E-state index contributed by atoms with van der Waals surface area (Å²) >= 11 is 0. The van der Waals surface area contributed by atoms with Crippen molar-refractivity contribution in [2.45, 2.75) is 26.3 Å². The number of nitrogens with zero attached hydrogens (tertiary/aromatic N) is 1. The van der Waals surface area contributed by atoms with Crippen LogP contribution in [-0.4, -0.2) is 33.2 Å². The van der Waals surface area contributed by atoms with E-state index >= 15 is 0 Å². The average molecular weight is 238 g/mol. The van der Waals surface area contributed by atoms with Crippen LogP contribution >= 0.6 is 0 Å². The number of carboxylic acid groups (broad SMARTS) is 2. The van der Waals surface area contributed by atoms with E-state index in [1.807, 2.05) is 13.8 Å². The predicted molar refractivity (Wildman–Crippen MR) is 61.5 cm³/mol. The maximum atomic E-state index is 10.8. The topological polar surface area (TPSA) is 99.5 Å². The molecule has 1 aromatic heterocycles. The SMILES string of the molecule is CCC(C)Nc1cc(C(=O)O)cc(C(=O)O)n1. The van der Waals surface area contributed by atoms with E-state index in [1.54, 1.807) is 0 Å². The van der Waals surface area contributed by atoms with Gasteiger partial charge >= 0.3 is 11.9 Å². The molecule has 0 radical (unpaired) electrons. The largest absolute Gasteiger partial charge is 0.478 e. The first-order valence-electron chi connectivity index (χ1n) is 5.19. The summed E-state index contributed by atoms with van der Waals surface area (Å²) < 4.78 is 0. The monoisotopic (exact) mass is 238 g/mol. The second kappa shape index (κ2) is 5.29. The van der Waals surface area contributed by atoms with E-state index in [9.17, 15) is 9.59 Å². The average Bonchev–Trinajstić information content (AvgIpc) is 2.28. The number of hydrogen-bond acceptors (Lipinski definition) is 4. The fourth-order valence-electron chi connectivity index (χ4n) is 1.19. The van der Waals surface area contributed by atoms with E-state index in [1.165, 1.54) is 6.07 Å². The van der Waals surface area contributed by atoms with Gasteiger partial charge in [-0.25, -0.2) is 14.6 Å². The molecule has 0 aliphatic carbocycles. The maximum absolute atomic E-state index is 10.8. The standard InChI is InChI=1S/C11H14N2O4/c1-3-6(2)12-9-5-7(10(14)15)4-8(13-9)11(16)17/h4-6H,3H2,1-2H3,(H,12,13)(H,14,15)(H,16,17). The predicted octanol–water partition coefficient (Wildman–Crippen LogP) is 1.69. The maximum Gasteiger partial charge on any atom is 0.354 e. The van der Waals surface area contributed by atoms with Gasteiger partial charge in [-0.05, 0) is 25.5 Å². The number of carbonyl (C=O) groups is 2. The molecule has 3 N–H and O–H groups in total. The van der Waals surface area contributed by atoms with E-state index in [2.05, 4.69) is 10.3 Å². The number of pyridine rings is 1. The van der Waals surface area contributed by atoms with E-state index < -0.39 is 11.9 Å². The molecule has 0 saturated heterocycles. The zero-order valence-electron chi connectivity index (χ0n) is 9.60. The van der Waals surface area contributed by atoms with Crippen molar-refractivity contribution < 1.29 is 19.8 Å². The molecule has 0 fully saturated rings. The highest BCUT2D eigenvalue weighted by Gasteiger charge is 2.13. The Labute approximate surface area is 98.3 Å². The zero-order chi connectivity index (χ0) is 13.0. The van der Waals surface area contributed by atoms with Crippen molar-refractivity contribution in [3.8, 4) is 0 Å². The van der Waals surface area contributed by atoms with Crippen molar-refractivity contribution in [1.82, 2.24) is 4.98 Å². The Bertz CT molecular complexity index is 413. The molecule has 1 heterocycles. The van der Waals surface area contributed by atoms with Crippen molar-refractivity contribution in [1.29, 1.82) is 0 Å². The lowest BCUT2D eigenvalue weighted by Crippen LogP contribution is -2.16. The summed E-state index contributed by atoms with van der Waals surface area (Å²) in [4.78, 5) is 25.5. The minimum Gasteiger partial charge on any atom is -0.478 e. The van der Waals surface area contributed by atoms with Crippen LogP contribution in [0.3, 0.4) is 0 Å². The second-order valence-electron chi connectivity index (χ2n) is 3.69. The zero-order valence-corrected chi connectivity index (χ0v) is 9.60. The van der Waals surface area contributed by atoms with Gasteiger partial charge in [0, 0.05) is 6.04 Å². The van der Waals surface area contributed by atoms with Gasteiger partial charge in [0.2, 0.25) is 0 Å². The van der Waals surface area contributed by atoms with Crippen molar-refractivity contribution in [2.75, 3.05) is 5.32 Å². The quantitative estimate of drug-likeness (QED) is 0.721. The normalized spacial score (nSPS) is 11.9. The minimum atomic E-state index is -1.25. The first-order valence-corrected chi connectivity index (χ1v) is 5.19. The highest BCUT2D eigenvalue weighted by molar-refractivity contribution is 5.93. The third-order valence-electron chi connectivity index (χ3n) is 2.30. The lowest BCUT2D eigenvalue weighted by Gasteiger charge is -2.12. The number of carboxylic acids is 2. The lowest BCUT2D eigenvalue weighted by atomic mass is 10.2. The molecule has 1 unspecified atom stereocenters. The molecule has 6 nitrogen and oxygen atoms in total. The van der Waals surface area contributed by atoms with Crippen LogP contribution in [0.5, 0.6) is 0 Å². The molecule has 0 saturated carbocycles. The fourth-order valence-corrected chi connectivity index (χ4v) is 1.19. The lowest BCUT2D eigenvalue weighted by molar-refractivity contribution is 0.0690. The highest BCUT2D eigenvalue weighted by Crippen LogP contribution is 2.12. The number of aromatic nitrogens is 1. The van der Waals surface area contributed by atoms with Gasteiger partial charge in [0.25, 0.3) is 0 Å². The highest BCUT2D eigenvalue weighted by atomic mass is 16.4. The molecule has 6 heteroatoms. The molecule has 0 aromatic carbocycles. The Balaban J connectivity index is 3.12. The van der Waals surface area contributed by atoms with E-state index in [-0.39, 0.29) is 23.1 Å².